The van der Waals surface area contributed by atoms with Crippen LogP contribution in [0.25, 0.3) is 10.9 Å². The summed E-state index contributed by atoms with van der Waals surface area (Å²) >= 11 is 0. The van der Waals surface area contributed by atoms with Crippen LogP contribution in [0.2, 0.25) is 0 Å². The fraction of sp³-hybridized carbons (Fsp3) is 0.471. The number of para-hydroxylation sites is 1. The van der Waals surface area contributed by atoms with Gasteiger partial charge in [0.1, 0.15) is 0 Å². The lowest BCUT2D eigenvalue weighted by Gasteiger charge is -2.25. The average Bonchev–Trinajstić information content (AvgIpc) is 2.47. The third kappa shape index (κ3) is 2.79. The zero-order valence-corrected chi connectivity index (χ0v) is 11.4. The Hall–Kier alpha value is -1.41. The van der Waals surface area contributed by atoms with Crippen molar-refractivity contribution < 1.29 is 0 Å². The van der Waals surface area contributed by atoms with Crippen LogP contribution in [0.5, 0.6) is 0 Å². The van der Waals surface area contributed by atoms with Crippen molar-refractivity contribution in [1.82, 2.24) is 4.98 Å². The highest BCUT2D eigenvalue weighted by atomic mass is 14.7. The number of hydrogen-bond acceptors (Lipinski definition) is 2. The van der Waals surface area contributed by atoms with Crippen LogP contribution in [0, 0.1) is 5.92 Å². The molecule has 1 aliphatic rings. The minimum Gasteiger partial charge on any atom is -0.324 e. The molecule has 2 heteroatoms. The molecule has 1 aromatic heterocycles. The molecule has 0 radical (unpaired) electrons. The van der Waals surface area contributed by atoms with E-state index in [1.807, 2.05) is 12.3 Å². The predicted octanol–water partition coefficient (Wildman–Crippen LogP) is 4.21. The first-order valence-electron chi connectivity index (χ1n) is 7.44. The molecule has 2 N–H and O–H groups in total. The molecule has 0 saturated heterocycles. The van der Waals surface area contributed by atoms with E-state index in [9.17, 15) is 0 Å². The van der Waals surface area contributed by atoms with Gasteiger partial charge in [-0.05, 0) is 24.0 Å². The summed E-state index contributed by atoms with van der Waals surface area (Å²) < 4.78 is 0. The number of hydrogen-bond donors (Lipinski definition) is 1. The molecule has 2 nitrogen and oxygen atoms in total. The Morgan fingerprint density at radius 3 is 2.74 bits per heavy atom. The number of pyridine rings is 1. The second kappa shape index (κ2) is 5.70. The SMILES string of the molecule is NC(CC1CCCCC1)c1cccc2cccnc12. The van der Waals surface area contributed by atoms with E-state index in [4.69, 9.17) is 5.73 Å². The molecule has 100 valence electrons. The second-order valence-electron chi connectivity index (χ2n) is 5.77. The average molecular weight is 254 g/mol. The number of nitrogens with zero attached hydrogens (tertiary/aromatic N) is 1. The molecule has 0 amide bonds. The van der Waals surface area contributed by atoms with E-state index in [0.29, 0.717) is 0 Å². The van der Waals surface area contributed by atoms with E-state index in [0.717, 1.165) is 17.9 Å². The quantitative estimate of drug-likeness (QED) is 0.891. The zero-order valence-electron chi connectivity index (χ0n) is 11.4. The third-order valence-electron chi connectivity index (χ3n) is 4.38. The Balaban J connectivity index is 1.82. The molecule has 1 atom stereocenters. The predicted molar refractivity (Wildman–Crippen MR) is 79.9 cm³/mol. The topological polar surface area (TPSA) is 38.9 Å². The second-order valence-corrected chi connectivity index (χ2v) is 5.77. The highest BCUT2D eigenvalue weighted by Gasteiger charge is 2.19. The maximum Gasteiger partial charge on any atom is 0.0749 e. The fourth-order valence-electron chi connectivity index (χ4n) is 3.34. The van der Waals surface area contributed by atoms with Gasteiger partial charge in [-0.25, -0.2) is 0 Å². The van der Waals surface area contributed by atoms with Gasteiger partial charge in [0.2, 0.25) is 0 Å². The lowest BCUT2D eigenvalue weighted by Crippen LogP contribution is -2.17. The number of aromatic nitrogens is 1. The van der Waals surface area contributed by atoms with Crippen molar-refractivity contribution in [2.24, 2.45) is 11.7 Å². The first-order valence-corrected chi connectivity index (χ1v) is 7.44. The zero-order chi connectivity index (χ0) is 13.1. The molecule has 0 aliphatic heterocycles. The number of nitrogens with two attached hydrogens (primary N) is 1. The van der Waals surface area contributed by atoms with Gasteiger partial charge in [-0.2, -0.15) is 0 Å². The van der Waals surface area contributed by atoms with Gasteiger partial charge in [0, 0.05) is 17.6 Å². The monoisotopic (exact) mass is 254 g/mol. The van der Waals surface area contributed by atoms with E-state index < -0.39 is 0 Å². The standard InChI is InChI=1S/C17H22N2/c18-16(12-13-6-2-1-3-7-13)15-10-4-8-14-9-5-11-19-17(14)15/h4-5,8-11,13,16H,1-3,6-7,12,18H2. The maximum absolute atomic E-state index is 6.45. The lowest BCUT2D eigenvalue weighted by atomic mass is 9.83. The van der Waals surface area contributed by atoms with Gasteiger partial charge in [-0.1, -0.05) is 56.4 Å². The smallest absolute Gasteiger partial charge is 0.0749 e. The van der Waals surface area contributed by atoms with Gasteiger partial charge >= 0.3 is 0 Å². The van der Waals surface area contributed by atoms with Crippen molar-refractivity contribution in [2.45, 2.75) is 44.6 Å². The van der Waals surface area contributed by atoms with E-state index in [1.165, 1.54) is 43.1 Å². The van der Waals surface area contributed by atoms with E-state index >= 15 is 0 Å². The van der Waals surface area contributed by atoms with Gasteiger partial charge in [0.05, 0.1) is 5.52 Å². The summed E-state index contributed by atoms with van der Waals surface area (Å²) in [6.07, 6.45) is 9.84. The highest BCUT2D eigenvalue weighted by Crippen LogP contribution is 2.32. The summed E-state index contributed by atoms with van der Waals surface area (Å²) in [6.45, 7) is 0. The molecular formula is C17H22N2. The Morgan fingerprint density at radius 2 is 1.89 bits per heavy atom. The fourth-order valence-corrected chi connectivity index (χ4v) is 3.34. The molecule has 0 bridgehead atoms. The number of fused-ring (bicyclic) bond motifs is 1. The normalized spacial score (nSPS) is 18.6. The first-order chi connectivity index (χ1) is 9.34. The van der Waals surface area contributed by atoms with Crippen molar-refractivity contribution in [1.29, 1.82) is 0 Å². The highest BCUT2D eigenvalue weighted by molar-refractivity contribution is 5.81. The van der Waals surface area contributed by atoms with Gasteiger partial charge in [0.25, 0.3) is 0 Å². The van der Waals surface area contributed by atoms with Crippen LogP contribution in [-0.2, 0) is 0 Å². The Kier molecular flexibility index (Phi) is 3.79. The minimum absolute atomic E-state index is 0.127. The first kappa shape index (κ1) is 12.6. The summed E-state index contributed by atoms with van der Waals surface area (Å²) in [7, 11) is 0. The van der Waals surface area contributed by atoms with E-state index in [1.54, 1.807) is 0 Å². The Morgan fingerprint density at radius 1 is 1.11 bits per heavy atom. The Labute approximate surface area is 115 Å². The molecule has 1 heterocycles. The summed E-state index contributed by atoms with van der Waals surface area (Å²) in [5, 5.41) is 1.19. The van der Waals surface area contributed by atoms with Crippen molar-refractivity contribution >= 4 is 10.9 Å². The van der Waals surface area contributed by atoms with Crippen molar-refractivity contribution in [3.05, 3.63) is 42.1 Å². The molecule has 1 saturated carbocycles. The molecule has 1 aliphatic carbocycles. The van der Waals surface area contributed by atoms with Gasteiger partial charge < -0.3 is 5.73 Å². The van der Waals surface area contributed by atoms with Crippen LogP contribution in [0.1, 0.15) is 50.1 Å². The molecule has 0 spiro atoms. The third-order valence-corrected chi connectivity index (χ3v) is 4.38. The maximum atomic E-state index is 6.45. The molecular weight excluding hydrogens is 232 g/mol. The van der Waals surface area contributed by atoms with Gasteiger partial charge in [0.15, 0.2) is 0 Å². The lowest BCUT2D eigenvalue weighted by molar-refractivity contribution is 0.319. The van der Waals surface area contributed by atoms with Crippen molar-refractivity contribution in [3.63, 3.8) is 0 Å². The van der Waals surface area contributed by atoms with Crippen LogP contribution in [0.3, 0.4) is 0 Å². The van der Waals surface area contributed by atoms with Crippen LogP contribution in [0.4, 0.5) is 0 Å². The molecule has 19 heavy (non-hydrogen) atoms. The van der Waals surface area contributed by atoms with Gasteiger partial charge in [-0.3, -0.25) is 4.98 Å². The van der Waals surface area contributed by atoms with Gasteiger partial charge in [-0.15, -0.1) is 0 Å². The molecule has 3 rings (SSSR count). The minimum atomic E-state index is 0.127. The summed E-state index contributed by atoms with van der Waals surface area (Å²) in [5.74, 6) is 0.808. The molecule has 2 aromatic rings. The van der Waals surface area contributed by atoms with Crippen LogP contribution >= 0.6 is 0 Å². The summed E-state index contributed by atoms with van der Waals surface area (Å²) in [4.78, 5) is 4.52. The number of benzene rings is 1. The van der Waals surface area contributed by atoms with E-state index in [-0.39, 0.29) is 6.04 Å². The van der Waals surface area contributed by atoms with Crippen LogP contribution in [0.15, 0.2) is 36.5 Å². The summed E-state index contributed by atoms with van der Waals surface area (Å²) in [6, 6.07) is 10.6. The molecule has 1 unspecified atom stereocenters. The summed E-state index contributed by atoms with van der Waals surface area (Å²) in [5.41, 5.74) is 8.74. The molecule has 1 aromatic carbocycles. The van der Waals surface area contributed by atoms with Crippen LogP contribution in [-0.4, -0.2) is 4.98 Å². The molecule has 1 fully saturated rings. The number of rotatable bonds is 3. The Bertz CT molecular complexity index is 538. The largest absolute Gasteiger partial charge is 0.324 e. The van der Waals surface area contributed by atoms with Crippen molar-refractivity contribution in [3.8, 4) is 0 Å². The van der Waals surface area contributed by atoms with Crippen LogP contribution < -0.4 is 5.73 Å². The van der Waals surface area contributed by atoms with E-state index in [2.05, 4.69) is 29.2 Å². The van der Waals surface area contributed by atoms with Crippen molar-refractivity contribution in [2.75, 3.05) is 0 Å².